The number of ketones is 1. The maximum Gasteiger partial charge on any atom is 0.320 e. The normalized spacial score (nSPS) is 19.2. The lowest BCUT2D eigenvalue weighted by molar-refractivity contribution is -0.119. The molecule has 0 amide bonds. The van der Waals surface area contributed by atoms with E-state index in [9.17, 15) is 21.6 Å². The monoisotopic (exact) mass is 424 g/mol. The summed E-state index contributed by atoms with van der Waals surface area (Å²) in [6.07, 6.45) is 0.650. The van der Waals surface area contributed by atoms with E-state index in [4.69, 9.17) is 0 Å². The lowest BCUT2D eigenvalue weighted by atomic mass is 10.0. The first-order valence-electron chi connectivity index (χ1n) is 9.01. The van der Waals surface area contributed by atoms with Crippen LogP contribution in [0.5, 0.6) is 0 Å². The third-order valence-corrected chi connectivity index (χ3v) is 10.3. The standard InChI is InChI=1S/C20H21FO5S2/c21-20(16-9-7-8-10-17(22)15-16,27(23,24)18-11-3-1-4-12-18)28(25,26)19-13-5-2-6-14-19/h1-6,11-14,16H,7-10,15H2. The summed E-state index contributed by atoms with van der Waals surface area (Å²) in [6.45, 7) is 0. The van der Waals surface area contributed by atoms with E-state index in [0.717, 1.165) is 0 Å². The van der Waals surface area contributed by atoms with E-state index in [-0.39, 0.29) is 18.6 Å². The molecule has 8 heteroatoms. The summed E-state index contributed by atoms with van der Waals surface area (Å²) in [5.74, 6) is -1.80. The van der Waals surface area contributed by atoms with Gasteiger partial charge < -0.3 is 0 Å². The molecule has 0 aliphatic heterocycles. The molecule has 1 unspecified atom stereocenters. The van der Waals surface area contributed by atoms with Gasteiger partial charge >= 0.3 is 4.33 Å². The Morgan fingerprint density at radius 3 is 1.71 bits per heavy atom. The molecule has 5 nitrogen and oxygen atoms in total. The fraction of sp³-hybridized carbons (Fsp3) is 0.350. The lowest BCUT2D eigenvalue weighted by Crippen LogP contribution is -2.49. The second kappa shape index (κ2) is 7.75. The van der Waals surface area contributed by atoms with Crippen LogP contribution in [0.4, 0.5) is 4.39 Å². The second-order valence-corrected chi connectivity index (χ2v) is 11.3. The molecule has 1 aliphatic carbocycles. The molecule has 1 saturated carbocycles. The molecule has 1 atom stereocenters. The Balaban J connectivity index is 2.27. The van der Waals surface area contributed by atoms with Gasteiger partial charge in [0, 0.05) is 18.8 Å². The van der Waals surface area contributed by atoms with Crippen molar-refractivity contribution >= 4 is 25.5 Å². The van der Waals surface area contributed by atoms with Gasteiger partial charge in [-0.2, -0.15) is 0 Å². The van der Waals surface area contributed by atoms with Crippen molar-refractivity contribution in [1.29, 1.82) is 0 Å². The van der Waals surface area contributed by atoms with E-state index in [1.165, 1.54) is 48.5 Å². The summed E-state index contributed by atoms with van der Waals surface area (Å²) in [6, 6.07) is 13.4. The van der Waals surface area contributed by atoms with E-state index < -0.39 is 46.1 Å². The number of hydrogen-bond donors (Lipinski definition) is 0. The molecule has 2 aromatic carbocycles. The molecule has 28 heavy (non-hydrogen) atoms. The number of carbonyl (C=O) groups excluding carboxylic acids is 1. The molecule has 0 heterocycles. The molecule has 0 N–H and O–H groups in total. The number of sulfone groups is 2. The number of hydrogen-bond acceptors (Lipinski definition) is 5. The van der Waals surface area contributed by atoms with E-state index in [1.807, 2.05) is 0 Å². The zero-order valence-electron chi connectivity index (χ0n) is 15.1. The Kier molecular flexibility index (Phi) is 5.72. The van der Waals surface area contributed by atoms with Crippen LogP contribution in [-0.2, 0) is 24.5 Å². The summed E-state index contributed by atoms with van der Waals surface area (Å²) < 4.78 is 66.3. The highest BCUT2D eigenvalue weighted by Crippen LogP contribution is 2.46. The van der Waals surface area contributed by atoms with Crippen molar-refractivity contribution in [1.82, 2.24) is 0 Å². The SMILES string of the molecule is O=C1CCCCC(C(F)(S(=O)(=O)c2ccccc2)S(=O)(=O)c2ccccc2)C1. The summed E-state index contributed by atoms with van der Waals surface area (Å²) in [7, 11) is -9.91. The summed E-state index contributed by atoms with van der Waals surface area (Å²) in [5, 5.41) is 0. The van der Waals surface area contributed by atoms with Gasteiger partial charge in [0.25, 0.3) is 0 Å². The maximum atomic E-state index is 16.6. The minimum Gasteiger partial charge on any atom is -0.300 e. The Labute approximate surface area is 164 Å². The zero-order valence-corrected chi connectivity index (χ0v) is 16.8. The number of benzene rings is 2. The largest absolute Gasteiger partial charge is 0.320 e. The van der Waals surface area contributed by atoms with Gasteiger partial charge in [0.1, 0.15) is 5.78 Å². The topological polar surface area (TPSA) is 85.3 Å². The molecule has 1 aliphatic rings. The van der Waals surface area contributed by atoms with Gasteiger partial charge in [0.15, 0.2) is 0 Å². The predicted molar refractivity (Wildman–Crippen MR) is 103 cm³/mol. The minimum atomic E-state index is -4.95. The Morgan fingerprint density at radius 1 is 0.786 bits per heavy atom. The smallest absolute Gasteiger partial charge is 0.300 e. The van der Waals surface area contributed by atoms with Crippen LogP contribution >= 0.6 is 0 Å². The van der Waals surface area contributed by atoms with Crippen LogP contribution < -0.4 is 0 Å². The number of Topliss-reactive ketones (excluding diaryl/α,β-unsaturated/α-hetero) is 1. The summed E-state index contributed by atoms with van der Waals surface area (Å²) >= 11 is 0. The van der Waals surface area contributed by atoms with Crippen LogP contribution in [0.2, 0.25) is 0 Å². The number of carbonyl (C=O) groups is 1. The first-order valence-corrected chi connectivity index (χ1v) is 12.0. The highest BCUT2D eigenvalue weighted by Gasteiger charge is 2.62. The van der Waals surface area contributed by atoms with Gasteiger partial charge in [-0.15, -0.1) is 0 Å². The van der Waals surface area contributed by atoms with E-state index >= 15 is 4.39 Å². The molecule has 0 spiro atoms. The Morgan fingerprint density at radius 2 is 1.25 bits per heavy atom. The number of halogens is 1. The molecule has 0 radical (unpaired) electrons. The van der Waals surface area contributed by atoms with E-state index in [0.29, 0.717) is 12.8 Å². The molecule has 2 aromatic rings. The van der Waals surface area contributed by atoms with Crippen LogP contribution in [0.1, 0.15) is 32.1 Å². The average molecular weight is 425 g/mol. The van der Waals surface area contributed by atoms with E-state index in [2.05, 4.69) is 0 Å². The number of rotatable bonds is 5. The third-order valence-electron chi connectivity index (χ3n) is 5.06. The Hall–Kier alpha value is -2.06. The van der Waals surface area contributed by atoms with Crippen LogP contribution in [0, 0.1) is 5.92 Å². The number of alkyl halides is 1. The summed E-state index contributed by atoms with van der Waals surface area (Å²) in [4.78, 5) is 11.3. The molecule has 150 valence electrons. The van der Waals surface area contributed by atoms with Crippen LogP contribution in [0.3, 0.4) is 0 Å². The van der Waals surface area contributed by atoms with Gasteiger partial charge in [-0.05, 0) is 37.1 Å². The van der Waals surface area contributed by atoms with Crippen molar-refractivity contribution < 1.29 is 26.0 Å². The Bertz CT molecular complexity index is 979. The van der Waals surface area contributed by atoms with Crippen LogP contribution in [0.25, 0.3) is 0 Å². The third kappa shape index (κ3) is 3.39. The highest BCUT2D eigenvalue weighted by molar-refractivity contribution is 8.10. The lowest BCUT2D eigenvalue weighted by Gasteiger charge is -2.32. The fourth-order valence-electron chi connectivity index (χ4n) is 3.59. The van der Waals surface area contributed by atoms with Gasteiger partial charge in [-0.3, -0.25) is 4.79 Å². The fourth-order valence-corrected chi connectivity index (χ4v) is 8.28. The first kappa shape index (κ1) is 20.7. The van der Waals surface area contributed by atoms with Crippen molar-refractivity contribution in [3.05, 3.63) is 60.7 Å². The molecule has 1 fully saturated rings. The molecule has 3 rings (SSSR count). The van der Waals surface area contributed by atoms with Crippen molar-refractivity contribution in [2.75, 3.05) is 0 Å². The van der Waals surface area contributed by atoms with Crippen LogP contribution in [-0.4, -0.2) is 27.0 Å². The first-order chi connectivity index (χ1) is 13.2. The molecular formula is C20H21FO5S2. The van der Waals surface area contributed by atoms with E-state index in [1.54, 1.807) is 12.1 Å². The molecule has 0 aromatic heterocycles. The van der Waals surface area contributed by atoms with Gasteiger partial charge in [0.05, 0.1) is 9.79 Å². The van der Waals surface area contributed by atoms with Gasteiger partial charge in [-0.1, -0.05) is 42.8 Å². The van der Waals surface area contributed by atoms with Crippen molar-refractivity contribution in [2.24, 2.45) is 5.92 Å². The minimum absolute atomic E-state index is 0.000364. The van der Waals surface area contributed by atoms with Gasteiger partial charge in [0.2, 0.25) is 19.7 Å². The van der Waals surface area contributed by atoms with Crippen molar-refractivity contribution in [3.63, 3.8) is 0 Å². The maximum absolute atomic E-state index is 16.6. The molecule has 0 saturated heterocycles. The van der Waals surface area contributed by atoms with Crippen molar-refractivity contribution in [3.8, 4) is 0 Å². The predicted octanol–water partition coefficient (Wildman–Crippen LogP) is 3.71. The average Bonchev–Trinajstić information content (AvgIpc) is 2.93. The quantitative estimate of drug-likeness (QED) is 0.683. The van der Waals surface area contributed by atoms with Crippen LogP contribution in [0.15, 0.2) is 70.5 Å². The molecular weight excluding hydrogens is 403 g/mol. The zero-order chi connectivity index (χ0) is 20.4. The highest BCUT2D eigenvalue weighted by atomic mass is 32.3. The second-order valence-electron chi connectivity index (χ2n) is 6.90. The summed E-state index contributed by atoms with van der Waals surface area (Å²) in [5.41, 5.74) is 0. The molecule has 0 bridgehead atoms. The van der Waals surface area contributed by atoms with Crippen molar-refractivity contribution in [2.45, 2.75) is 46.2 Å². The van der Waals surface area contributed by atoms with Gasteiger partial charge in [-0.25, -0.2) is 21.2 Å².